The summed E-state index contributed by atoms with van der Waals surface area (Å²) in [7, 11) is 0. The van der Waals surface area contributed by atoms with Crippen molar-refractivity contribution in [3.63, 3.8) is 0 Å². The Bertz CT molecular complexity index is 371. The average molecular weight is 338 g/mol. The molecule has 0 amide bonds. The maximum atomic E-state index is 12.5. The summed E-state index contributed by atoms with van der Waals surface area (Å²) >= 11 is 3.40. The summed E-state index contributed by atoms with van der Waals surface area (Å²) in [4.78, 5) is 2.16. The SMILES string of the molecule is CCC(CC)N(CCBr)c1ccc(C(F)(F)F)cc1. The molecule has 108 valence electrons. The Morgan fingerprint density at radius 3 is 2.00 bits per heavy atom. The molecule has 0 bridgehead atoms. The lowest BCUT2D eigenvalue weighted by Gasteiger charge is -2.32. The fourth-order valence-corrected chi connectivity index (χ4v) is 2.57. The Morgan fingerprint density at radius 1 is 1.11 bits per heavy atom. The zero-order valence-corrected chi connectivity index (χ0v) is 12.8. The minimum atomic E-state index is -4.27. The summed E-state index contributed by atoms with van der Waals surface area (Å²) < 4.78 is 37.6. The highest BCUT2D eigenvalue weighted by molar-refractivity contribution is 9.09. The molecule has 0 atom stereocenters. The molecule has 0 fully saturated rings. The predicted octanol–water partition coefficient (Wildman–Crippen LogP) is 5.10. The van der Waals surface area contributed by atoms with Gasteiger partial charge in [-0.3, -0.25) is 0 Å². The summed E-state index contributed by atoms with van der Waals surface area (Å²) in [6.07, 6.45) is -2.32. The van der Waals surface area contributed by atoms with Gasteiger partial charge in [0.05, 0.1) is 5.56 Å². The third-order valence-electron chi connectivity index (χ3n) is 3.23. The summed E-state index contributed by atoms with van der Waals surface area (Å²) in [6.45, 7) is 4.98. The lowest BCUT2D eigenvalue weighted by Crippen LogP contribution is -2.36. The van der Waals surface area contributed by atoms with Crippen LogP contribution in [0.2, 0.25) is 0 Å². The van der Waals surface area contributed by atoms with E-state index >= 15 is 0 Å². The Hall–Kier alpha value is -0.710. The number of benzene rings is 1. The van der Waals surface area contributed by atoms with E-state index in [1.54, 1.807) is 12.1 Å². The molecule has 0 aliphatic rings. The molecule has 0 radical (unpaired) electrons. The maximum Gasteiger partial charge on any atom is 0.416 e. The van der Waals surface area contributed by atoms with E-state index in [2.05, 4.69) is 34.7 Å². The Morgan fingerprint density at radius 2 is 1.63 bits per heavy atom. The zero-order chi connectivity index (χ0) is 14.5. The maximum absolute atomic E-state index is 12.5. The first-order chi connectivity index (χ1) is 8.93. The van der Waals surface area contributed by atoms with Gasteiger partial charge >= 0.3 is 6.18 Å². The zero-order valence-electron chi connectivity index (χ0n) is 11.2. The highest BCUT2D eigenvalue weighted by Crippen LogP contribution is 2.31. The molecular weight excluding hydrogens is 319 g/mol. The van der Waals surface area contributed by atoms with E-state index in [0.717, 1.165) is 42.5 Å². The molecule has 0 unspecified atom stereocenters. The van der Waals surface area contributed by atoms with Crippen LogP contribution in [0.25, 0.3) is 0 Å². The first-order valence-electron chi connectivity index (χ1n) is 6.43. The molecule has 0 aliphatic heterocycles. The van der Waals surface area contributed by atoms with Crippen molar-refractivity contribution in [2.24, 2.45) is 0 Å². The second-order valence-corrected chi connectivity index (χ2v) is 5.19. The Labute approximate surface area is 120 Å². The van der Waals surface area contributed by atoms with E-state index in [1.807, 2.05) is 0 Å². The summed E-state index contributed by atoms with van der Waals surface area (Å²) in [5.74, 6) is 0. The third kappa shape index (κ3) is 4.41. The molecule has 0 aromatic heterocycles. The van der Waals surface area contributed by atoms with Crippen LogP contribution in [0.3, 0.4) is 0 Å². The molecule has 19 heavy (non-hydrogen) atoms. The molecule has 0 saturated carbocycles. The van der Waals surface area contributed by atoms with Crippen LogP contribution in [-0.2, 0) is 6.18 Å². The molecule has 5 heteroatoms. The molecule has 0 heterocycles. The Kier molecular flexibility index (Phi) is 6.17. The standard InChI is InChI=1S/C14H19BrF3N/c1-3-12(4-2)19(10-9-15)13-7-5-11(6-8-13)14(16,17)18/h5-8,12H,3-4,9-10H2,1-2H3. The minimum absolute atomic E-state index is 0.356. The fraction of sp³-hybridized carbons (Fsp3) is 0.571. The lowest BCUT2D eigenvalue weighted by atomic mass is 10.1. The van der Waals surface area contributed by atoms with Crippen molar-refractivity contribution in [1.29, 1.82) is 0 Å². The number of alkyl halides is 4. The van der Waals surface area contributed by atoms with E-state index in [1.165, 1.54) is 0 Å². The molecular formula is C14H19BrF3N. The van der Waals surface area contributed by atoms with Crippen molar-refractivity contribution in [1.82, 2.24) is 0 Å². The van der Waals surface area contributed by atoms with Crippen molar-refractivity contribution in [2.45, 2.75) is 38.9 Å². The number of nitrogens with zero attached hydrogens (tertiary/aromatic N) is 1. The van der Waals surface area contributed by atoms with Gasteiger partial charge in [0.2, 0.25) is 0 Å². The van der Waals surface area contributed by atoms with Crippen LogP contribution in [-0.4, -0.2) is 17.9 Å². The van der Waals surface area contributed by atoms with E-state index < -0.39 is 11.7 Å². The molecule has 1 rings (SSSR count). The van der Waals surface area contributed by atoms with Gasteiger partial charge in [0.1, 0.15) is 0 Å². The third-order valence-corrected chi connectivity index (χ3v) is 3.59. The largest absolute Gasteiger partial charge is 0.416 e. The van der Waals surface area contributed by atoms with Gasteiger partial charge in [-0.1, -0.05) is 29.8 Å². The quantitative estimate of drug-likeness (QED) is 0.653. The summed E-state index contributed by atoms with van der Waals surface area (Å²) in [5, 5.41) is 0.796. The molecule has 1 aromatic carbocycles. The van der Waals surface area contributed by atoms with Crippen molar-refractivity contribution in [3.05, 3.63) is 29.8 Å². The van der Waals surface area contributed by atoms with Crippen molar-refractivity contribution in [2.75, 3.05) is 16.8 Å². The fourth-order valence-electron chi connectivity index (χ4n) is 2.18. The van der Waals surface area contributed by atoms with Gasteiger partial charge in [-0.2, -0.15) is 13.2 Å². The molecule has 1 aromatic rings. The summed E-state index contributed by atoms with van der Waals surface area (Å²) in [6, 6.07) is 5.78. The first-order valence-corrected chi connectivity index (χ1v) is 7.56. The topological polar surface area (TPSA) is 3.24 Å². The van der Waals surface area contributed by atoms with Crippen LogP contribution in [0.5, 0.6) is 0 Å². The normalized spacial score (nSPS) is 11.9. The van der Waals surface area contributed by atoms with Gasteiger partial charge in [-0.05, 0) is 37.1 Å². The average Bonchev–Trinajstić information content (AvgIpc) is 2.38. The van der Waals surface area contributed by atoms with Gasteiger partial charge < -0.3 is 4.90 Å². The molecule has 1 nitrogen and oxygen atoms in total. The second kappa shape index (κ2) is 7.17. The van der Waals surface area contributed by atoms with Crippen LogP contribution in [0.1, 0.15) is 32.3 Å². The van der Waals surface area contributed by atoms with Gasteiger partial charge in [0.15, 0.2) is 0 Å². The summed E-state index contributed by atoms with van der Waals surface area (Å²) in [5.41, 5.74) is 0.251. The number of rotatable bonds is 6. The molecule has 0 spiro atoms. The van der Waals surface area contributed by atoms with Crippen LogP contribution in [0, 0.1) is 0 Å². The van der Waals surface area contributed by atoms with Crippen LogP contribution in [0.15, 0.2) is 24.3 Å². The van der Waals surface area contributed by atoms with Gasteiger partial charge in [0, 0.05) is 23.6 Å². The predicted molar refractivity (Wildman–Crippen MR) is 77.0 cm³/mol. The number of hydrogen-bond donors (Lipinski definition) is 0. The van der Waals surface area contributed by atoms with Crippen molar-refractivity contribution >= 4 is 21.6 Å². The molecule has 0 saturated heterocycles. The van der Waals surface area contributed by atoms with E-state index in [0.29, 0.717) is 6.04 Å². The van der Waals surface area contributed by atoms with E-state index in [9.17, 15) is 13.2 Å². The van der Waals surface area contributed by atoms with Gasteiger partial charge in [-0.15, -0.1) is 0 Å². The van der Waals surface area contributed by atoms with Crippen LogP contribution >= 0.6 is 15.9 Å². The van der Waals surface area contributed by atoms with E-state index in [-0.39, 0.29) is 0 Å². The van der Waals surface area contributed by atoms with Crippen molar-refractivity contribution in [3.8, 4) is 0 Å². The number of anilines is 1. The molecule has 0 N–H and O–H groups in total. The van der Waals surface area contributed by atoms with Crippen LogP contribution in [0.4, 0.5) is 18.9 Å². The minimum Gasteiger partial charge on any atom is -0.368 e. The van der Waals surface area contributed by atoms with E-state index in [4.69, 9.17) is 0 Å². The van der Waals surface area contributed by atoms with Crippen LogP contribution < -0.4 is 4.90 Å². The lowest BCUT2D eigenvalue weighted by molar-refractivity contribution is -0.137. The number of hydrogen-bond acceptors (Lipinski definition) is 1. The monoisotopic (exact) mass is 337 g/mol. The van der Waals surface area contributed by atoms with Gasteiger partial charge in [-0.25, -0.2) is 0 Å². The number of halogens is 4. The molecule has 0 aliphatic carbocycles. The van der Waals surface area contributed by atoms with Gasteiger partial charge in [0.25, 0.3) is 0 Å². The van der Waals surface area contributed by atoms with Crippen molar-refractivity contribution < 1.29 is 13.2 Å². The Balaban J connectivity index is 2.97. The first kappa shape index (κ1) is 16.3. The second-order valence-electron chi connectivity index (χ2n) is 4.40. The highest BCUT2D eigenvalue weighted by Gasteiger charge is 2.30. The smallest absolute Gasteiger partial charge is 0.368 e. The highest BCUT2D eigenvalue weighted by atomic mass is 79.9.